The van der Waals surface area contributed by atoms with E-state index in [9.17, 15) is 9.59 Å². The van der Waals surface area contributed by atoms with E-state index in [0.717, 1.165) is 4.47 Å². The fourth-order valence-electron chi connectivity index (χ4n) is 2.93. The molecule has 2 aromatic rings. The molecule has 0 radical (unpaired) electrons. The molecule has 2 amide bonds. The second-order valence-corrected chi connectivity index (χ2v) is 7.79. The van der Waals surface area contributed by atoms with Gasteiger partial charge in [0, 0.05) is 62.1 Å². The van der Waals surface area contributed by atoms with Gasteiger partial charge in [0.2, 0.25) is 11.9 Å². The molecule has 0 spiro atoms. The summed E-state index contributed by atoms with van der Waals surface area (Å²) in [5, 5.41) is 3.42. The van der Waals surface area contributed by atoms with Gasteiger partial charge >= 0.3 is 0 Å². The number of piperazine rings is 1. The van der Waals surface area contributed by atoms with Gasteiger partial charge < -0.3 is 15.1 Å². The van der Waals surface area contributed by atoms with Crippen molar-refractivity contribution < 1.29 is 9.59 Å². The molecule has 9 heteroatoms. The Balaban J connectivity index is 1.36. The second kappa shape index (κ2) is 9.84. The molecule has 0 bridgehead atoms. The quantitative estimate of drug-likeness (QED) is 0.662. The van der Waals surface area contributed by atoms with Crippen LogP contribution < -0.4 is 10.2 Å². The summed E-state index contributed by atoms with van der Waals surface area (Å²) in [5.74, 6) is 0.629. The summed E-state index contributed by atoms with van der Waals surface area (Å²) in [7, 11) is 0. The van der Waals surface area contributed by atoms with Crippen molar-refractivity contribution in [3.05, 3.63) is 51.7 Å². The number of halogens is 2. The zero-order chi connectivity index (χ0) is 19.9. The van der Waals surface area contributed by atoms with Crippen LogP contribution in [-0.2, 0) is 4.79 Å². The normalized spacial score (nSPS) is 14.1. The Kier molecular flexibility index (Phi) is 7.22. The van der Waals surface area contributed by atoms with E-state index in [1.807, 2.05) is 4.90 Å². The highest BCUT2D eigenvalue weighted by atomic mass is 79.9. The van der Waals surface area contributed by atoms with Crippen molar-refractivity contribution >= 4 is 45.3 Å². The van der Waals surface area contributed by atoms with Gasteiger partial charge in [0.1, 0.15) is 0 Å². The fraction of sp³-hybridized carbons (Fsp3) is 0.368. The molecule has 1 aliphatic rings. The maximum Gasteiger partial charge on any atom is 0.251 e. The number of anilines is 1. The molecule has 1 aromatic heterocycles. The number of aromatic nitrogens is 2. The third-order valence-corrected chi connectivity index (χ3v) is 5.14. The average molecular weight is 467 g/mol. The number of carbonyl (C=O) groups is 2. The molecular weight excluding hydrogens is 446 g/mol. The summed E-state index contributed by atoms with van der Waals surface area (Å²) in [6, 6.07) is 6.72. The first-order valence-corrected chi connectivity index (χ1v) is 10.2. The van der Waals surface area contributed by atoms with E-state index in [4.69, 9.17) is 11.6 Å². The van der Waals surface area contributed by atoms with E-state index in [2.05, 4.69) is 36.1 Å². The SMILES string of the molecule is O=C(NCCCC(=O)N1CCN(c2ncc(Br)cn2)CC1)c1ccc(Cl)cc1. The molecule has 0 atom stereocenters. The van der Waals surface area contributed by atoms with E-state index in [-0.39, 0.29) is 11.8 Å². The van der Waals surface area contributed by atoms with Crippen LogP contribution in [0.25, 0.3) is 0 Å². The highest BCUT2D eigenvalue weighted by Gasteiger charge is 2.22. The smallest absolute Gasteiger partial charge is 0.251 e. The van der Waals surface area contributed by atoms with E-state index < -0.39 is 0 Å². The summed E-state index contributed by atoms with van der Waals surface area (Å²) >= 11 is 9.14. The lowest BCUT2D eigenvalue weighted by Crippen LogP contribution is -2.49. The van der Waals surface area contributed by atoms with Gasteiger partial charge in [-0.05, 0) is 46.6 Å². The number of hydrogen-bond donors (Lipinski definition) is 1. The van der Waals surface area contributed by atoms with Gasteiger partial charge in [0.05, 0.1) is 4.47 Å². The van der Waals surface area contributed by atoms with Gasteiger partial charge in [-0.3, -0.25) is 9.59 Å². The Bertz CT molecular complexity index is 808. The Labute approximate surface area is 177 Å². The van der Waals surface area contributed by atoms with Crippen LogP contribution >= 0.6 is 27.5 Å². The zero-order valence-corrected chi connectivity index (χ0v) is 17.6. The van der Waals surface area contributed by atoms with Crippen molar-refractivity contribution in [1.29, 1.82) is 0 Å². The van der Waals surface area contributed by atoms with E-state index in [1.165, 1.54) is 0 Å². The maximum atomic E-state index is 12.4. The first kappa shape index (κ1) is 20.5. The minimum atomic E-state index is -0.160. The van der Waals surface area contributed by atoms with Crippen molar-refractivity contribution in [2.75, 3.05) is 37.6 Å². The zero-order valence-electron chi connectivity index (χ0n) is 15.3. The van der Waals surface area contributed by atoms with Gasteiger partial charge in [-0.25, -0.2) is 9.97 Å². The van der Waals surface area contributed by atoms with Gasteiger partial charge in [-0.15, -0.1) is 0 Å². The number of rotatable bonds is 6. The second-order valence-electron chi connectivity index (χ2n) is 6.44. The largest absolute Gasteiger partial charge is 0.352 e. The number of amides is 2. The molecule has 0 saturated carbocycles. The van der Waals surface area contributed by atoms with Crippen molar-refractivity contribution in [1.82, 2.24) is 20.2 Å². The van der Waals surface area contributed by atoms with Gasteiger partial charge in [-0.2, -0.15) is 0 Å². The molecule has 1 aliphatic heterocycles. The van der Waals surface area contributed by atoms with Crippen LogP contribution in [0.4, 0.5) is 5.95 Å². The standard InChI is InChI=1S/C19H21BrClN5O2/c20-15-12-23-19(24-13-15)26-10-8-25(9-11-26)17(27)2-1-7-22-18(28)14-3-5-16(21)6-4-14/h3-6,12-13H,1-2,7-11H2,(H,22,28). The Hall–Kier alpha value is -2.19. The predicted octanol–water partition coefficient (Wildman–Crippen LogP) is 2.75. The Morgan fingerprint density at radius 2 is 1.71 bits per heavy atom. The molecule has 1 fully saturated rings. The molecule has 148 valence electrons. The van der Waals surface area contributed by atoms with Crippen LogP contribution in [0.1, 0.15) is 23.2 Å². The third kappa shape index (κ3) is 5.65. The summed E-state index contributed by atoms with van der Waals surface area (Å²) in [6.07, 6.45) is 4.46. The first-order chi connectivity index (χ1) is 13.5. The van der Waals surface area contributed by atoms with E-state index in [0.29, 0.717) is 62.1 Å². The molecule has 3 rings (SSSR count). The molecule has 0 aliphatic carbocycles. The summed E-state index contributed by atoms with van der Waals surface area (Å²) in [5.41, 5.74) is 0.557. The maximum absolute atomic E-state index is 12.4. The lowest BCUT2D eigenvalue weighted by molar-refractivity contribution is -0.131. The van der Waals surface area contributed by atoms with Crippen LogP contribution in [0.15, 0.2) is 41.1 Å². The van der Waals surface area contributed by atoms with Crippen molar-refractivity contribution in [3.63, 3.8) is 0 Å². The highest BCUT2D eigenvalue weighted by Crippen LogP contribution is 2.14. The van der Waals surface area contributed by atoms with Crippen LogP contribution in [0.5, 0.6) is 0 Å². The molecule has 2 heterocycles. The summed E-state index contributed by atoms with van der Waals surface area (Å²) < 4.78 is 0.841. The van der Waals surface area contributed by atoms with Crippen molar-refractivity contribution in [2.45, 2.75) is 12.8 Å². The Morgan fingerprint density at radius 3 is 2.36 bits per heavy atom. The van der Waals surface area contributed by atoms with E-state index in [1.54, 1.807) is 36.7 Å². The molecule has 1 aromatic carbocycles. The van der Waals surface area contributed by atoms with Gasteiger partial charge in [-0.1, -0.05) is 11.6 Å². The van der Waals surface area contributed by atoms with Crippen LogP contribution in [0.3, 0.4) is 0 Å². The predicted molar refractivity (Wildman–Crippen MR) is 112 cm³/mol. The molecular formula is C19H21BrClN5O2. The molecule has 0 unspecified atom stereocenters. The average Bonchev–Trinajstić information content (AvgIpc) is 2.72. The molecule has 28 heavy (non-hydrogen) atoms. The van der Waals surface area contributed by atoms with Gasteiger partial charge in [0.25, 0.3) is 5.91 Å². The lowest BCUT2D eigenvalue weighted by Gasteiger charge is -2.34. The highest BCUT2D eigenvalue weighted by molar-refractivity contribution is 9.10. The third-order valence-electron chi connectivity index (χ3n) is 4.48. The Morgan fingerprint density at radius 1 is 1.07 bits per heavy atom. The van der Waals surface area contributed by atoms with E-state index >= 15 is 0 Å². The number of hydrogen-bond acceptors (Lipinski definition) is 5. The first-order valence-electron chi connectivity index (χ1n) is 9.07. The van der Waals surface area contributed by atoms with Crippen molar-refractivity contribution in [3.8, 4) is 0 Å². The number of nitrogens with one attached hydrogen (secondary N) is 1. The molecule has 1 N–H and O–H groups in total. The number of carbonyl (C=O) groups excluding carboxylic acids is 2. The van der Waals surface area contributed by atoms with Crippen LogP contribution in [-0.4, -0.2) is 59.4 Å². The number of nitrogens with zero attached hydrogens (tertiary/aromatic N) is 4. The monoisotopic (exact) mass is 465 g/mol. The molecule has 1 saturated heterocycles. The lowest BCUT2D eigenvalue weighted by atomic mass is 10.2. The van der Waals surface area contributed by atoms with Crippen molar-refractivity contribution in [2.24, 2.45) is 0 Å². The molecule has 7 nitrogen and oxygen atoms in total. The number of benzene rings is 1. The summed E-state index contributed by atoms with van der Waals surface area (Å²) in [6.45, 7) is 3.17. The topological polar surface area (TPSA) is 78.4 Å². The van der Waals surface area contributed by atoms with Crippen LogP contribution in [0, 0.1) is 0 Å². The fourth-order valence-corrected chi connectivity index (χ4v) is 3.26. The van der Waals surface area contributed by atoms with Crippen LogP contribution in [0.2, 0.25) is 5.02 Å². The minimum absolute atomic E-state index is 0.108. The minimum Gasteiger partial charge on any atom is -0.352 e. The van der Waals surface area contributed by atoms with Gasteiger partial charge in [0.15, 0.2) is 0 Å². The summed E-state index contributed by atoms with van der Waals surface area (Å²) in [4.78, 5) is 36.9.